The number of ether oxygens (including phenoxy) is 4. The van der Waals surface area contributed by atoms with Crippen LogP contribution >= 0.6 is 0 Å². The fraction of sp³-hybridized carbons (Fsp3) is 0.915. The number of quaternary nitrogens is 1. The Morgan fingerprint density at radius 2 is 1.66 bits per heavy atom. The smallest absolute Gasteiger partial charge is 0.319 e. The number of nitrogens with two attached hydrogens (primary N) is 2. The van der Waals surface area contributed by atoms with Crippen molar-refractivity contribution in [3.05, 3.63) is 12.2 Å². The predicted molar refractivity (Wildman–Crippen MR) is 234 cm³/mol. The molecule has 6 fully saturated rings. The largest absolute Gasteiger partial charge is 0.462 e. The van der Waals surface area contributed by atoms with Crippen LogP contribution in [0.1, 0.15) is 181 Å². The van der Waals surface area contributed by atoms with Gasteiger partial charge in [-0.25, -0.2) is 10.6 Å². The molecule has 0 aromatic carbocycles. The molecular weight excluding hydrogens is 777 g/mol. The number of carbonyl (C=O) groups is 2. The van der Waals surface area contributed by atoms with Gasteiger partial charge in [-0.15, -0.1) is 0 Å². The first-order chi connectivity index (χ1) is 29.5. The van der Waals surface area contributed by atoms with Crippen LogP contribution in [0.3, 0.4) is 0 Å². The highest BCUT2D eigenvalue weighted by molar-refractivity contribution is 5.82. The van der Waals surface area contributed by atoms with Gasteiger partial charge in [-0.2, -0.15) is 0 Å². The first kappa shape index (κ1) is 48.7. The SMILES string of the molecule is CCC=CC1CCC2(CC3CCC4C(C(=O)OC(CC)CCCCCCCCCCCCCC5OC(O)(CCN)C(O)N(CCCN)C5=O)C5(CCCC(C)O5)NC(N2)[NH+]34)O1. The molecule has 6 aliphatic heterocycles. The lowest BCUT2D eigenvalue weighted by Gasteiger charge is -2.57. The molecule has 6 aliphatic rings. The van der Waals surface area contributed by atoms with Crippen LogP contribution in [0.4, 0.5) is 0 Å². The van der Waals surface area contributed by atoms with E-state index in [4.69, 9.17) is 30.4 Å². The van der Waals surface area contributed by atoms with E-state index in [0.29, 0.717) is 25.4 Å². The van der Waals surface area contributed by atoms with Crippen molar-refractivity contribution >= 4 is 11.9 Å². The van der Waals surface area contributed by atoms with E-state index in [1.165, 1.54) is 41.9 Å². The highest BCUT2D eigenvalue weighted by Gasteiger charge is 2.67. The molecule has 0 bridgehead atoms. The van der Waals surface area contributed by atoms with Gasteiger partial charge in [-0.1, -0.05) is 90.2 Å². The predicted octanol–water partition coefficient (Wildman–Crippen LogP) is 4.35. The summed E-state index contributed by atoms with van der Waals surface area (Å²) in [7, 11) is 0. The van der Waals surface area contributed by atoms with Crippen molar-refractivity contribution in [3.8, 4) is 0 Å². The van der Waals surface area contributed by atoms with Crippen LogP contribution in [0.2, 0.25) is 0 Å². The van der Waals surface area contributed by atoms with Crippen LogP contribution in [0.15, 0.2) is 12.2 Å². The van der Waals surface area contributed by atoms with Gasteiger partial charge in [-0.3, -0.25) is 9.59 Å². The molecule has 14 heteroatoms. The van der Waals surface area contributed by atoms with Gasteiger partial charge in [-0.05, 0) is 90.6 Å². The molecule has 350 valence electrons. The van der Waals surface area contributed by atoms with Crippen LogP contribution in [0, 0.1) is 5.92 Å². The van der Waals surface area contributed by atoms with Gasteiger partial charge in [0.15, 0.2) is 12.1 Å². The number of carbonyl (C=O) groups excluding carboxylic acids is 2. The summed E-state index contributed by atoms with van der Waals surface area (Å²) in [6.07, 6.45) is 26.6. The summed E-state index contributed by atoms with van der Waals surface area (Å²) in [5, 5.41) is 29.5. The maximum Gasteiger partial charge on any atom is 0.319 e. The Labute approximate surface area is 366 Å². The molecule has 13 unspecified atom stereocenters. The maximum absolute atomic E-state index is 14.5. The number of allylic oxidation sites excluding steroid dienone is 1. The van der Waals surface area contributed by atoms with Gasteiger partial charge in [0.05, 0.1) is 18.2 Å². The van der Waals surface area contributed by atoms with Gasteiger partial charge >= 0.3 is 5.97 Å². The topological polar surface area (TPSA) is 195 Å². The number of unbranched alkanes of at least 4 members (excludes halogenated alkanes) is 10. The van der Waals surface area contributed by atoms with Crippen molar-refractivity contribution in [2.24, 2.45) is 17.4 Å². The Hall–Kier alpha value is -1.72. The van der Waals surface area contributed by atoms with Crippen LogP contribution in [-0.2, 0) is 28.5 Å². The molecule has 13 atom stereocenters. The van der Waals surface area contributed by atoms with Crippen molar-refractivity contribution in [2.45, 2.75) is 248 Å². The number of aliphatic hydroxyl groups is 2. The Morgan fingerprint density at radius 1 is 0.934 bits per heavy atom. The molecule has 0 aromatic heterocycles. The maximum atomic E-state index is 14.5. The Bertz CT molecular complexity index is 1410. The minimum absolute atomic E-state index is 0.0145. The average molecular weight is 862 g/mol. The van der Waals surface area contributed by atoms with Crippen molar-refractivity contribution in [1.82, 2.24) is 15.5 Å². The number of nitrogens with zero attached hydrogens (tertiary/aromatic N) is 1. The third kappa shape index (κ3) is 12.0. The number of hydrogen-bond donors (Lipinski definition) is 7. The zero-order valence-corrected chi connectivity index (χ0v) is 38.1. The van der Waals surface area contributed by atoms with Gasteiger partial charge in [0.2, 0.25) is 12.1 Å². The second-order valence-electron chi connectivity index (χ2n) is 19.5. The molecule has 61 heavy (non-hydrogen) atoms. The summed E-state index contributed by atoms with van der Waals surface area (Å²) in [6, 6.07) is 0.602. The van der Waals surface area contributed by atoms with Crippen molar-refractivity contribution in [2.75, 3.05) is 19.6 Å². The average Bonchev–Trinajstić information content (AvgIpc) is 3.83. The molecule has 14 nitrogen and oxygen atoms in total. The Kier molecular flexibility index (Phi) is 18.3. The number of nitrogens with one attached hydrogen (secondary N) is 3. The van der Waals surface area contributed by atoms with Crippen molar-refractivity contribution in [3.63, 3.8) is 0 Å². The zero-order valence-electron chi connectivity index (χ0n) is 38.1. The number of rotatable bonds is 24. The molecule has 0 aliphatic carbocycles. The first-order valence-electron chi connectivity index (χ1n) is 24.9. The van der Waals surface area contributed by atoms with Gasteiger partial charge in [0, 0.05) is 32.2 Å². The zero-order chi connectivity index (χ0) is 43.5. The molecule has 6 heterocycles. The molecule has 0 saturated carbocycles. The van der Waals surface area contributed by atoms with Crippen LogP contribution in [-0.4, -0.2) is 113 Å². The fourth-order valence-electron chi connectivity index (χ4n) is 11.8. The van der Waals surface area contributed by atoms with Crippen LogP contribution in [0.5, 0.6) is 0 Å². The normalized spacial score (nSPS) is 37.9. The molecule has 6 saturated heterocycles. The summed E-state index contributed by atoms with van der Waals surface area (Å²) < 4.78 is 25.8. The van der Waals surface area contributed by atoms with E-state index < -0.39 is 23.8 Å². The second kappa shape index (κ2) is 22.9. The number of amides is 1. The molecule has 0 radical (unpaired) electrons. The number of morpholine rings is 1. The Morgan fingerprint density at radius 3 is 2.33 bits per heavy atom. The Balaban J connectivity index is 0.874. The highest BCUT2D eigenvalue weighted by Crippen LogP contribution is 2.43. The van der Waals surface area contributed by atoms with Crippen LogP contribution < -0.4 is 27.0 Å². The van der Waals surface area contributed by atoms with E-state index in [2.05, 4.69) is 43.6 Å². The van der Waals surface area contributed by atoms with Crippen molar-refractivity contribution < 1.29 is 43.6 Å². The first-order valence-corrected chi connectivity index (χ1v) is 24.9. The molecule has 0 aromatic rings. The summed E-state index contributed by atoms with van der Waals surface area (Å²) in [5.74, 6) is -2.53. The number of aliphatic hydroxyl groups excluding tert-OH is 1. The van der Waals surface area contributed by atoms with Gasteiger partial charge in [0.1, 0.15) is 29.7 Å². The molecular formula is C47H85N6O8+. The quantitative estimate of drug-likeness (QED) is 0.0413. The van der Waals surface area contributed by atoms with E-state index in [9.17, 15) is 19.8 Å². The number of hydrogen-bond acceptors (Lipinski definition) is 12. The lowest BCUT2D eigenvalue weighted by Crippen LogP contribution is -3.28. The third-order valence-corrected chi connectivity index (χ3v) is 14.9. The summed E-state index contributed by atoms with van der Waals surface area (Å²) in [6.45, 7) is 7.27. The lowest BCUT2D eigenvalue weighted by atomic mass is 9.79. The van der Waals surface area contributed by atoms with Gasteiger partial charge in [0.25, 0.3) is 5.91 Å². The summed E-state index contributed by atoms with van der Waals surface area (Å²) in [4.78, 5) is 30.2. The van der Waals surface area contributed by atoms with E-state index in [-0.39, 0.29) is 73.7 Å². The molecule has 2 spiro atoms. The third-order valence-electron chi connectivity index (χ3n) is 14.9. The fourth-order valence-corrected chi connectivity index (χ4v) is 11.8. The molecule has 9 N–H and O–H groups in total. The molecule has 6 rings (SSSR count). The number of esters is 1. The summed E-state index contributed by atoms with van der Waals surface area (Å²) >= 11 is 0. The van der Waals surface area contributed by atoms with E-state index >= 15 is 0 Å². The summed E-state index contributed by atoms with van der Waals surface area (Å²) in [5.41, 5.74) is 10.2. The second-order valence-corrected chi connectivity index (χ2v) is 19.5. The highest BCUT2D eigenvalue weighted by atomic mass is 16.7. The van der Waals surface area contributed by atoms with Crippen molar-refractivity contribution in [1.29, 1.82) is 0 Å². The van der Waals surface area contributed by atoms with E-state index in [1.807, 2.05) is 0 Å². The van der Waals surface area contributed by atoms with E-state index in [0.717, 1.165) is 109 Å². The minimum Gasteiger partial charge on any atom is -0.462 e. The van der Waals surface area contributed by atoms with E-state index in [1.54, 1.807) is 0 Å². The monoisotopic (exact) mass is 862 g/mol. The standard InChI is InChI=1S/C47H84N6O8/c1-4-6-21-37-26-28-45(60-37)33-35-24-25-38-40(46(27-18-20-34(3)59-46)51-44(50-45)53(35)38)42(55)58-36(5-2)22-16-14-12-10-8-7-9-11-13-15-17-23-39-41(54)52(32-19-30-48)43(56)47(57,61-39)29-31-49/h6,21,34-40,43-44,50-51,56-57H,4-5,7-20,22-33,48-49H2,1-3H3/p+1. The van der Waals surface area contributed by atoms with Gasteiger partial charge < -0.3 is 50.4 Å². The van der Waals surface area contributed by atoms with Crippen LogP contribution in [0.25, 0.3) is 0 Å². The minimum atomic E-state index is -1.85. The lowest BCUT2D eigenvalue weighted by molar-refractivity contribution is -0.985. The molecule has 1 amide bonds.